The number of nitrogens with zero attached hydrogens (tertiary/aromatic N) is 4. The van der Waals surface area contributed by atoms with Gasteiger partial charge in [-0.15, -0.1) is 0 Å². The van der Waals surface area contributed by atoms with Crippen molar-refractivity contribution in [3.05, 3.63) is 0 Å². The first-order chi connectivity index (χ1) is 7.83. The van der Waals surface area contributed by atoms with Crippen molar-refractivity contribution >= 4 is 0 Å². The Balaban J connectivity index is 3.67. The third-order valence-electron chi connectivity index (χ3n) is 3.02. The fourth-order valence-electron chi connectivity index (χ4n) is 1.80. The van der Waals surface area contributed by atoms with Crippen LogP contribution in [0.3, 0.4) is 0 Å². The number of hydrogen-bond acceptors (Lipinski definition) is 2. The van der Waals surface area contributed by atoms with E-state index in [0.717, 1.165) is 34.9 Å². The molecule has 0 aromatic heterocycles. The van der Waals surface area contributed by atoms with E-state index in [-0.39, 0.29) is 0 Å². The summed E-state index contributed by atoms with van der Waals surface area (Å²) in [5, 5.41) is 17.3. The second-order valence-corrected chi connectivity index (χ2v) is 6.01. The second-order valence-electron chi connectivity index (χ2n) is 6.01. The van der Waals surface area contributed by atoms with Gasteiger partial charge in [-0.05, 0) is 19.3 Å². The van der Waals surface area contributed by atoms with Crippen LogP contribution in [0.25, 0.3) is 0 Å². The molecule has 0 saturated heterocycles. The molecule has 4 nitrogen and oxygen atoms in total. The van der Waals surface area contributed by atoms with Gasteiger partial charge in [-0.1, -0.05) is 0 Å². The van der Waals surface area contributed by atoms with Gasteiger partial charge < -0.3 is 8.97 Å². The minimum absolute atomic E-state index is 0.579. The lowest BCUT2D eigenvalue weighted by Gasteiger charge is -2.28. The standard InChI is InChI=1S/C13H26N4/c1-16(2,12-8-14)10-6-5-7-11-17(3,4)13-9-15/h5-7,10-13H2,1-4H3/q+2. The zero-order chi connectivity index (χ0) is 13.4. The van der Waals surface area contributed by atoms with Gasteiger partial charge in [-0.3, -0.25) is 0 Å². The Hall–Kier alpha value is -1.10. The molecule has 17 heavy (non-hydrogen) atoms. The van der Waals surface area contributed by atoms with E-state index >= 15 is 0 Å². The molecule has 0 aromatic carbocycles. The first-order valence-electron chi connectivity index (χ1n) is 6.21. The summed E-state index contributed by atoms with van der Waals surface area (Å²) >= 11 is 0. The predicted octanol–water partition coefficient (Wildman–Crippen LogP) is 1.36. The Bertz CT molecular complexity index is 264. The molecule has 0 bridgehead atoms. The van der Waals surface area contributed by atoms with E-state index in [1.54, 1.807) is 0 Å². The molecule has 4 heteroatoms. The van der Waals surface area contributed by atoms with Crippen LogP contribution in [-0.4, -0.2) is 63.3 Å². The van der Waals surface area contributed by atoms with Crippen molar-refractivity contribution in [3.63, 3.8) is 0 Å². The third kappa shape index (κ3) is 8.68. The largest absolute Gasteiger partial charge is 0.317 e. The van der Waals surface area contributed by atoms with Crippen LogP contribution < -0.4 is 0 Å². The normalized spacial score (nSPS) is 11.9. The molecule has 0 aliphatic heterocycles. The maximum Gasteiger partial charge on any atom is 0.166 e. The molecular formula is C13H26N4+2. The maximum absolute atomic E-state index is 8.67. The summed E-state index contributed by atoms with van der Waals surface area (Å²) in [6.07, 6.45) is 3.49. The fourth-order valence-corrected chi connectivity index (χ4v) is 1.80. The molecular weight excluding hydrogens is 212 g/mol. The minimum Gasteiger partial charge on any atom is -0.317 e. The summed E-state index contributed by atoms with van der Waals surface area (Å²) in [6.45, 7) is 3.27. The average molecular weight is 238 g/mol. The van der Waals surface area contributed by atoms with E-state index in [1.807, 2.05) is 0 Å². The van der Waals surface area contributed by atoms with Gasteiger partial charge in [0.2, 0.25) is 0 Å². The zero-order valence-electron chi connectivity index (χ0n) is 11.7. The summed E-state index contributed by atoms with van der Waals surface area (Å²) < 4.78 is 1.57. The molecule has 0 saturated carbocycles. The lowest BCUT2D eigenvalue weighted by molar-refractivity contribution is -0.885. The molecule has 0 aliphatic rings. The Morgan fingerprint density at radius 3 is 1.35 bits per heavy atom. The van der Waals surface area contributed by atoms with Gasteiger partial charge in [0.15, 0.2) is 13.1 Å². The molecule has 0 N–H and O–H groups in total. The Kier molecular flexibility index (Phi) is 6.80. The van der Waals surface area contributed by atoms with Gasteiger partial charge in [-0.25, -0.2) is 0 Å². The molecule has 0 aliphatic carbocycles. The van der Waals surface area contributed by atoms with Gasteiger partial charge in [0.25, 0.3) is 0 Å². The van der Waals surface area contributed by atoms with Crippen LogP contribution in [0.4, 0.5) is 0 Å². The van der Waals surface area contributed by atoms with Crippen LogP contribution in [0.2, 0.25) is 0 Å². The van der Waals surface area contributed by atoms with Gasteiger partial charge in [0, 0.05) is 0 Å². The zero-order valence-corrected chi connectivity index (χ0v) is 11.7. The van der Waals surface area contributed by atoms with Crippen molar-refractivity contribution in [2.45, 2.75) is 19.3 Å². The molecule has 0 unspecified atom stereocenters. The first-order valence-corrected chi connectivity index (χ1v) is 6.21. The van der Waals surface area contributed by atoms with Gasteiger partial charge in [0.1, 0.15) is 12.1 Å². The van der Waals surface area contributed by atoms with Crippen LogP contribution in [0, 0.1) is 22.7 Å². The van der Waals surface area contributed by atoms with Gasteiger partial charge >= 0.3 is 0 Å². The summed E-state index contributed by atoms with van der Waals surface area (Å²) in [4.78, 5) is 0. The maximum atomic E-state index is 8.67. The molecule has 0 aromatic rings. The summed E-state index contributed by atoms with van der Waals surface area (Å²) in [5.74, 6) is 0. The minimum atomic E-state index is 0.579. The van der Waals surface area contributed by atoms with E-state index < -0.39 is 0 Å². The Labute approximate surface area is 106 Å². The van der Waals surface area contributed by atoms with E-state index in [4.69, 9.17) is 10.5 Å². The van der Waals surface area contributed by atoms with E-state index in [9.17, 15) is 0 Å². The quantitative estimate of drug-likeness (QED) is 0.364. The lowest BCUT2D eigenvalue weighted by atomic mass is 10.2. The van der Waals surface area contributed by atoms with Crippen molar-refractivity contribution in [1.29, 1.82) is 10.5 Å². The summed E-state index contributed by atoms with van der Waals surface area (Å²) in [5.41, 5.74) is 0. The van der Waals surface area contributed by atoms with Crippen molar-refractivity contribution in [1.82, 2.24) is 0 Å². The van der Waals surface area contributed by atoms with Crippen molar-refractivity contribution in [2.24, 2.45) is 0 Å². The van der Waals surface area contributed by atoms with Crippen molar-refractivity contribution in [3.8, 4) is 12.1 Å². The van der Waals surface area contributed by atoms with Gasteiger partial charge in [0.05, 0.1) is 41.3 Å². The van der Waals surface area contributed by atoms with Crippen LogP contribution in [-0.2, 0) is 0 Å². The van der Waals surface area contributed by atoms with Gasteiger partial charge in [-0.2, -0.15) is 10.5 Å². The van der Waals surface area contributed by atoms with Crippen molar-refractivity contribution in [2.75, 3.05) is 54.4 Å². The fraction of sp³-hybridized carbons (Fsp3) is 0.846. The van der Waals surface area contributed by atoms with Crippen LogP contribution in [0.15, 0.2) is 0 Å². The lowest BCUT2D eigenvalue weighted by Crippen LogP contribution is -2.41. The third-order valence-corrected chi connectivity index (χ3v) is 3.02. The van der Waals surface area contributed by atoms with E-state index in [1.165, 1.54) is 6.42 Å². The van der Waals surface area contributed by atoms with Crippen molar-refractivity contribution < 1.29 is 8.97 Å². The highest BCUT2D eigenvalue weighted by atomic mass is 15.3. The molecule has 0 fully saturated rings. The Morgan fingerprint density at radius 2 is 1.06 bits per heavy atom. The van der Waals surface area contributed by atoms with Crippen LogP contribution in [0.1, 0.15) is 19.3 Å². The Morgan fingerprint density at radius 1 is 0.706 bits per heavy atom. The number of rotatable bonds is 8. The highest BCUT2D eigenvalue weighted by Crippen LogP contribution is 2.06. The first kappa shape index (κ1) is 15.9. The molecule has 96 valence electrons. The summed E-state index contributed by atoms with van der Waals surface area (Å²) in [7, 11) is 8.38. The van der Waals surface area contributed by atoms with Crippen LogP contribution >= 0.6 is 0 Å². The molecule has 0 amide bonds. The van der Waals surface area contributed by atoms with E-state index in [0.29, 0.717) is 13.1 Å². The number of quaternary nitrogens is 2. The highest BCUT2D eigenvalue weighted by Gasteiger charge is 2.15. The monoisotopic (exact) mass is 238 g/mol. The number of unbranched alkanes of at least 4 members (excludes halogenated alkanes) is 2. The molecule has 0 rings (SSSR count). The van der Waals surface area contributed by atoms with Crippen LogP contribution in [0.5, 0.6) is 0 Å². The predicted molar refractivity (Wildman–Crippen MR) is 68.8 cm³/mol. The second kappa shape index (κ2) is 7.27. The molecule has 0 radical (unpaired) electrons. The topological polar surface area (TPSA) is 47.6 Å². The number of nitriles is 2. The molecule has 0 atom stereocenters. The van der Waals surface area contributed by atoms with E-state index in [2.05, 4.69) is 40.3 Å². The average Bonchev–Trinajstić information content (AvgIpc) is 2.16. The smallest absolute Gasteiger partial charge is 0.166 e. The summed E-state index contributed by atoms with van der Waals surface area (Å²) in [6, 6.07) is 4.45. The molecule has 0 spiro atoms. The highest BCUT2D eigenvalue weighted by molar-refractivity contribution is 4.67. The molecule has 0 heterocycles. The SMILES string of the molecule is C[N+](C)(CC#N)CCCCC[N+](C)(C)CC#N. The number of hydrogen-bond donors (Lipinski definition) is 0.